The van der Waals surface area contributed by atoms with Gasteiger partial charge < -0.3 is 15.0 Å². The minimum atomic E-state index is -0.439. The van der Waals surface area contributed by atoms with Gasteiger partial charge in [0.2, 0.25) is 0 Å². The summed E-state index contributed by atoms with van der Waals surface area (Å²) in [5.41, 5.74) is 0.598. The molecule has 1 aromatic carbocycles. The quantitative estimate of drug-likeness (QED) is 0.635. The summed E-state index contributed by atoms with van der Waals surface area (Å²) in [5.74, 6) is 0.861. The highest BCUT2D eigenvalue weighted by atomic mass is 19.1. The van der Waals surface area contributed by atoms with E-state index >= 15 is 0 Å². The summed E-state index contributed by atoms with van der Waals surface area (Å²) < 4.78 is 19.4. The molecule has 0 radical (unpaired) electrons. The Hall–Kier alpha value is -3.33. The van der Waals surface area contributed by atoms with Gasteiger partial charge in [0, 0.05) is 32.1 Å². The highest BCUT2D eigenvalue weighted by Gasteiger charge is 2.38. The molecule has 166 valence electrons. The van der Waals surface area contributed by atoms with Crippen molar-refractivity contribution in [2.75, 3.05) is 20.1 Å². The third kappa shape index (κ3) is 3.95. The van der Waals surface area contributed by atoms with Gasteiger partial charge in [0.1, 0.15) is 29.2 Å². The Morgan fingerprint density at radius 3 is 2.84 bits per heavy atom. The number of carbonyl (C=O) groups is 1. The first-order chi connectivity index (χ1) is 15.5. The molecular formula is C23H24FN5O3. The molecule has 3 aromatic rings. The van der Waals surface area contributed by atoms with Crippen LogP contribution in [0.25, 0.3) is 10.9 Å². The van der Waals surface area contributed by atoms with Crippen LogP contribution in [0.4, 0.5) is 4.39 Å². The van der Waals surface area contributed by atoms with Gasteiger partial charge in [-0.15, -0.1) is 0 Å². The maximum absolute atomic E-state index is 13.4. The van der Waals surface area contributed by atoms with E-state index < -0.39 is 5.82 Å². The first-order valence-corrected chi connectivity index (χ1v) is 10.8. The molecule has 32 heavy (non-hydrogen) atoms. The zero-order valence-corrected chi connectivity index (χ0v) is 17.7. The zero-order valence-electron chi connectivity index (χ0n) is 17.7. The monoisotopic (exact) mass is 437 g/mol. The number of ether oxygens (including phenoxy) is 1. The van der Waals surface area contributed by atoms with E-state index in [1.165, 1.54) is 12.1 Å². The number of fused-ring (bicyclic) bond motifs is 1. The van der Waals surface area contributed by atoms with E-state index in [-0.39, 0.29) is 28.9 Å². The number of likely N-dealkylation sites (tertiary alicyclic amines) is 1. The molecule has 5 rings (SSSR count). The predicted octanol–water partition coefficient (Wildman–Crippen LogP) is 2.22. The lowest BCUT2D eigenvalue weighted by Gasteiger charge is -2.42. The zero-order chi connectivity index (χ0) is 22.2. The minimum absolute atomic E-state index is 0.0928. The Labute approximate surface area is 183 Å². The highest BCUT2D eigenvalue weighted by molar-refractivity contribution is 5.92. The van der Waals surface area contributed by atoms with Crippen LogP contribution in [-0.4, -0.2) is 58.0 Å². The third-order valence-corrected chi connectivity index (χ3v) is 6.37. The number of aromatic amines is 1. The first kappa shape index (κ1) is 20.6. The lowest BCUT2D eigenvalue weighted by Crippen LogP contribution is -2.57. The molecule has 1 amide bonds. The number of carbonyl (C=O) groups excluding carboxylic acids is 1. The Balaban J connectivity index is 1.17. The number of nitrogens with zero attached hydrogens (tertiary/aromatic N) is 3. The molecule has 2 atom stereocenters. The van der Waals surface area contributed by atoms with Gasteiger partial charge in [-0.3, -0.25) is 14.5 Å². The van der Waals surface area contributed by atoms with Crippen LogP contribution < -0.4 is 15.6 Å². The van der Waals surface area contributed by atoms with Crippen molar-refractivity contribution < 1.29 is 13.9 Å². The van der Waals surface area contributed by atoms with E-state index in [4.69, 9.17) is 4.74 Å². The van der Waals surface area contributed by atoms with Gasteiger partial charge >= 0.3 is 0 Å². The maximum atomic E-state index is 13.4. The van der Waals surface area contributed by atoms with E-state index in [9.17, 15) is 14.0 Å². The maximum Gasteiger partial charge on any atom is 0.269 e. The van der Waals surface area contributed by atoms with Crippen LogP contribution in [0.15, 0.2) is 41.3 Å². The van der Waals surface area contributed by atoms with Gasteiger partial charge in [-0.2, -0.15) is 0 Å². The molecule has 1 saturated carbocycles. The number of rotatable bonds is 5. The molecule has 8 nitrogen and oxygen atoms in total. The molecular weight excluding hydrogens is 413 g/mol. The van der Waals surface area contributed by atoms with Gasteiger partial charge in [0.15, 0.2) is 0 Å². The fraction of sp³-hybridized carbons (Fsp3) is 0.391. The number of aromatic nitrogens is 3. The van der Waals surface area contributed by atoms with Crippen molar-refractivity contribution in [3.8, 4) is 5.75 Å². The molecule has 1 saturated heterocycles. The molecule has 2 N–H and O–H groups in total. The molecule has 2 aliphatic rings. The number of benzene rings is 1. The number of halogens is 1. The van der Waals surface area contributed by atoms with E-state index in [1.807, 2.05) is 0 Å². The van der Waals surface area contributed by atoms with Crippen LogP contribution in [-0.2, 0) is 0 Å². The summed E-state index contributed by atoms with van der Waals surface area (Å²) in [6, 6.07) is 7.95. The van der Waals surface area contributed by atoms with Gasteiger partial charge in [0.05, 0.1) is 17.1 Å². The van der Waals surface area contributed by atoms with Crippen LogP contribution in [0.2, 0.25) is 0 Å². The summed E-state index contributed by atoms with van der Waals surface area (Å²) in [7, 11) is 1.57. The Bertz CT molecular complexity index is 1210. The van der Waals surface area contributed by atoms with Crippen molar-refractivity contribution in [3.05, 3.63) is 64.2 Å². The van der Waals surface area contributed by atoms with Gasteiger partial charge in [0.25, 0.3) is 11.5 Å². The van der Waals surface area contributed by atoms with Crippen molar-refractivity contribution in [2.24, 2.45) is 0 Å². The Morgan fingerprint density at radius 1 is 1.25 bits per heavy atom. The normalized spacial score (nSPS) is 21.4. The fourth-order valence-corrected chi connectivity index (χ4v) is 4.61. The van der Waals surface area contributed by atoms with Crippen LogP contribution in [0.1, 0.15) is 41.5 Å². The molecule has 1 aliphatic carbocycles. The van der Waals surface area contributed by atoms with E-state index in [0.717, 1.165) is 32.4 Å². The molecule has 2 unspecified atom stereocenters. The van der Waals surface area contributed by atoms with Gasteiger partial charge in [-0.05, 0) is 49.6 Å². The fourth-order valence-electron chi connectivity index (χ4n) is 4.61. The summed E-state index contributed by atoms with van der Waals surface area (Å²) in [6.07, 6.45) is 4.57. The second kappa shape index (κ2) is 8.31. The Kier molecular flexibility index (Phi) is 5.34. The van der Waals surface area contributed by atoms with Crippen molar-refractivity contribution in [2.45, 2.75) is 37.3 Å². The van der Waals surface area contributed by atoms with Crippen molar-refractivity contribution in [3.63, 3.8) is 0 Å². The molecule has 2 aromatic heterocycles. The second-order valence-electron chi connectivity index (χ2n) is 8.43. The molecule has 0 spiro atoms. The molecule has 1 aliphatic heterocycles. The average molecular weight is 437 g/mol. The van der Waals surface area contributed by atoms with Crippen molar-refractivity contribution in [1.82, 2.24) is 25.2 Å². The van der Waals surface area contributed by atoms with Crippen LogP contribution in [0, 0.1) is 5.82 Å². The summed E-state index contributed by atoms with van der Waals surface area (Å²) in [6.45, 7) is 1.66. The van der Waals surface area contributed by atoms with Crippen LogP contribution >= 0.6 is 0 Å². The van der Waals surface area contributed by atoms with Crippen LogP contribution in [0.5, 0.6) is 5.75 Å². The highest BCUT2D eigenvalue weighted by Crippen LogP contribution is 2.37. The van der Waals surface area contributed by atoms with E-state index in [2.05, 4.69) is 25.2 Å². The lowest BCUT2D eigenvalue weighted by atomic mass is 10.0. The first-order valence-electron chi connectivity index (χ1n) is 10.8. The number of H-pyrrole nitrogens is 1. The van der Waals surface area contributed by atoms with E-state index in [0.29, 0.717) is 28.8 Å². The average Bonchev–Trinajstić information content (AvgIpc) is 3.26. The minimum Gasteiger partial charge on any atom is -0.486 e. The summed E-state index contributed by atoms with van der Waals surface area (Å²) >= 11 is 0. The lowest BCUT2D eigenvalue weighted by molar-refractivity contribution is -0.00795. The smallest absolute Gasteiger partial charge is 0.269 e. The number of nitrogens with one attached hydrogen (secondary N) is 2. The van der Waals surface area contributed by atoms with Crippen molar-refractivity contribution in [1.29, 1.82) is 0 Å². The largest absolute Gasteiger partial charge is 0.486 e. The third-order valence-electron chi connectivity index (χ3n) is 6.37. The molecule has 9 heteroatoms. The van der Waals surface area contributed by atoms with Gasteiger partial charge in [-0.1, -0.05) is 0 Å². The molecule has 3 heterocycles. The van der Waals surface area contributed by atoms with Crippen LogP contribution in [0.3, 0.4) is 0 Å². The topological polar surface area (TPSA) is 100 Å². The summed E-state index contributed by atoms with van der Waals surface area (Å²) in [5, 5.41) is 2.82. The Morgan fingerprint density at radius 2 is 2.09 bits per heavy atom. The number of amides is 1. The van der Waals surface area contributed by atoms with Crippen molar-refractivity contribution >= 4 is 16.8 Å². The van der Waals surface area contributed by atoms with E-state index in [1.54, 1.807) is 31.4 Å². The number of hydrogen-bond donors (Lipinski definition) is 2. The van der Waals surface area contributed by atoms with Gasteiger partial charge in [-0.25, -0.2) is 14.4 Å². The SMILES string of the molecule is CNC(=O)c1ccc(OC2CN(C3CCC(c4nc5ccc(F)cc5c(=O)[nH]4)C3)C2)cn1. The molecule has 2 fully saturated rings. The number of hydrogen-bond acceptors (Lipinski definition) is 6. The predicted molar refractivity (Wildman–Crippen MR) is 116 cm³/mol. The summed E-state index contributed by atoms with van der Waals surface area (Å²) in [4.78, 5) is 37.9. The second-order valence-corrected chi connectivity index (χ2v) is 8.43. The standard InChI is InChI=1S/C23H24FN5O3/c1-25-23(31)20-7-5-16(10-26-20)32-17-11-29(12-17)15-4-2-13(8-15)21-27-19-6-3-14(24)9-18(19)22(30)28-21/h3,5-7,9-10,13,15,17H,2,4,8,11-12H2,1H3,(H,25,31)(H,27,28,30). The number of pyridine rings is 1. The molecule has 0 bridgehead atoms.